The SMILES string of the molecule is CNC(=O)c1ccc(CN(C)C(=O)c2cc(S(=O)(=O)NC)ccc2Cl)cc1. The molecule has 0 atom stereocenters. The number of halogens is 1. The molecule has 0 saturated heterocycles. The highest BCUT2D eigenvalue weighted by Crippen LogP contribution is 2.22. The molecular weight excluding hydrogens is 390 g/mol. The molecule has 0 unspecified atom stereocenters. The number of sulfonamides is 1. The molecule has 0 radical (unpaired) electrons. The quantitative estimate of drug-likeness (QED) is 0.761. The summed E-state index contributed by atoms with van der Waals surface area (Å²) in [5.41, 5.74) is 1.43. The summed E-state index contributed by atoms with van der Waals surface area (Å²) in [7, 11) is 0.742. The number of nitrogens with zero attached hydrogens (tertiary/aromatic N) is 1. The Bertz CT molecular complexity index is 959. The Kier molecular flexibility index (Phi) is 6.59. The predicted molar refractivity (Wildman–Crippen MR) is 103 cm³/mol. The van der Waals surface area contributed by atoms with Crippen LogP contribution in [0.2, 0.25) is 5.02 Å². The first-order valence-electron chi connectivity index (χ1n) is 7.99. The lowest BCUT2D eigenvalue weighted by atomic mass is 10.1. The van der Waals surface area contributed by atoms with Gasteiger partial charge < -0.3 is 10.2 Å². The highest BCUT2D eigenvalue weighted by atomic mass is 35.5. The third kappa shape index (κ3) is 4.85. The Hall–Kier alpha value is -2.42. The van der Waals surface area contributed by atoms with Crippen molar-refractivity contribution in [2.75, 3.05) is 21.1 Å². The van der Waals surface area contributed by atoms with Crippen LogP contribution in [0, 0.1) is 0 Å². The van der Waals surface area contributed by atoms with E-state index < -0.39 is 15.9 Å². The maximum atomic E-state index is 12.7. The Morgan fingerprint density at radius 3 is 2.26 bits per heavy atom. The second-order valence-electron chi connectivity index (χ2n) is 5.79. The lowest BCUT2D eigenvalue weighted by Gasteiger charge is -2.19. The molecule has 2 rings (SSSR count). The van der Waals surface area contributed by atoms with Gasteiger partial charge in [0, 0.05) is 26.2 Å². The van der Waals surface area contributed by atoms with Crippen molar-refractivity contribution >= 4 is 33.4 Å². The van der Waals surface area contributed by atoms with E-state index in [2.05, 4.69) is 10.0 Å². The van der Waals surface area contributed by atoms with Crippen LogP contribution < -0.4 is 10.0 Å². The van der Waals surface area contributed by atoms with Gasteiger partial charge >= 0.3 is 0 Å². The summed E-state index contributed by atoms with van der Waals surface area (Å²) in [6.07, 6.45) is 0. The minimum Gasteiger partial charge on any atom is -0.355 e. The van der Waals surface area contributed by atoms with Crippen LogP contribution in [-0.2, 0) is 16.6 Å². The van der Waals surface area contributed by atoms with Crippen LogP contribution in [-0.4, -0.2) is 46.3 Å². The largest absolute Gasteiger partial charge is 0.355 e. The number of hydrogen-bond acceptors (Lipinski definition) is 4. The van der Waals surface area contributed by atoms with Crippen LogP contribution in [0.1, 0.15) is 26.3 Å². The van der Waals surface area contributed by atoms with E-state index in [0.29, 0.717) is 5.56 Å². The summed E-state index contributed by atoms with van der Waals surface area (Å²) in [5, 5.41) is 2.70. The summed E-state index contributed by atoms with van der Waals surface area (Å²) in [5.74, 6) is -0.608. The van der Waals surface area contributed by atoms with Gasteiger partial charge in [0.2, 0.25) is 10.0 Å². The van der Waals surface area contributed by atoms with Crippen molar-refractivity contribution in [2.24, 2.45) is 0 Å². The molecule has 0 aliphatic heterocycles. The Balaban J connectivity index is 2.22. The normalized spacial score (nSPS) is 11.1. The zero-order valence-electron chi connectivity index (χ0n) is 15.1. The number of carbonyl (C=O) groups is 2. The molecular formula is C18H20ClN3O4S. The standard InChI is InChI=1S/C18H20ClN3O4S/c1-20-17(23)13-6-4-12(5-7-13)11-22(3)18(24)15-10-14(8-9-16(15)19)27(25,26)21-2/h4-10,21H,11H2,1-3H3,(H,20,23). The lowest BCUT2D eigenvalue weighted by molar-refractivity contribution is 0.0784. The fourth-order valence-electron chi connectivity index (χ4n) is 2.41. The predicted octanol–water partition coefficient (Wildman–Crippen LogP) is 1.88. The van der Waals surface area contributed by atoms with Gasteiger partial charge in [0.25, 0.3) is 11.8 Å². The van der Waals surface area contributed by atoms with Crippen molar-refractivity contribution < 1.29 is 18.0 Å². The Morgan fingerprint density at radius 2 is 1.70 bits per heavy atom. The van der Waals surface area contributed by atoms with E-state index >= 15 is 0 Å². The van der Waals surface area contributed by atoms with E-state index in [1.165, 1.54) is 30.1 Å². The molecule has 2 N–H and O–H groups in total. The van der Waals surface area contributed by atoms with Crippen molar-refractivity contribution in [3.63, 3.8) is 0 Å². The maximum absolute atomic E-state index is 12.7. The Labute approximate surface area is 163 Å². The van der Waals surface area contributed by atoms with E-state index in [1.54, 1.807) is 38.4 Å². The van der Waals surface area contributed by atoms with Gasteiger partial charge in [0.1, 0.15) is 0 Å². The van der Waals surface area contributed by atoms with Crippen molar-refractivity contribution in [1.82, 2.24) is 14.9 Å². The zero-order valence-corrected chi connectivity index (χ0v) is 16.7. The summed E-state index contributed by atoms with van der Waals surface area (Å²) < 4.78 is 26.1. The maximum Gasteiger partial charge on any atom is 0.255 e. The third-order valence-electron chi connectivity index (χ3n) is 3.96. The summed E-state index contributed by atoms with van der Waals surface area (Å²) in [6.45, 7) is 0.270. The van der Waals surface area contributed by atoms with Crippen molar-refractivity contribution in [1.29, 1.82) is 0 Å². The smallest absolute Gasteiger partial charge is 0.255 e. The number of benzene rings is 2. The van der Waals surface area contributed by atoms with Crippen LogP contribution >= 0.6 is 11.6 Å². The van der Waals surface area contributed by atoms with Gasteiger partial charge in [-0.05, 0) is 42.9 Å². The van der Waals surface area contributed by atoms with Gasteiger partial charge in [0.05, 0.1) is 15.5 Å². The topological polar surface area (TPSA) is 95.6 Å². The van der Waals surface area contributed by atoms with Gasteiger partial charge in [-0.25, -0.2) is 13.1 Å². The summed E-state index contributed by atoms with van der Waals surface area (Å²) >= 11 is 6.10. The molecule has 9 heteroatoms. The minimum atomic E-state index is -3.69. The van der Waals surface area contributed by atoms with Crippen molar-refractivity contribution in [3.05, 3.63) is 64.2 Å². The molecule has 0 fully saturated rings. The highest BCUT2D eigenvalue weighted by Gasteiger charge is 2.20. The van der Waals surface area contributed by atoms with Crippen molar-refractivity contribution in [2.45, 2.75) is 11.4 Å². The zero-order chi connectivity index (χ0) is 20.2. The molecule has 0 spiro atoms. The van der Waals surface area contributed by atoms with Gasteiger partial charge in [-0.15, -0.1) is 0 Å². The number of carbonyl (C=O) groups excluding carboxylic acids is 2. The molecule has 0 heterocycles. The number of hydrogen-bond donors (Lipinski definition) is 2. The minimum absolute atomic E-state index is 0.0407. The van der Waals surface area contributed by atoms with Crippen LogP contribution in [0.25, 0.3) is 0 Å². The molecule has 0 aliphatic carbocycles. The number of amides is 2. The fraction of sp³-hybridized carbons (Fsp3) is 0.222. The van der Waals surface area contributed by atoms with Gasteiger partial charge in [-0.1, -0.05) is 23.7 Å². The van der Waals surface area contributed by atoms with Crippen LogP contribution in [0.5, 0.6) is 0 Å². The fourth-order valence-corrected chi connectivity index (χ4v) is 3.36. The molecule has 2 aromatic rings. The highest BCUT2D eigenvalue weighted by molar-refractivity contribution is 7.89. The van der Waals surface area contributed by atoms with Gasteiger partial charge in [-0.3, -0.25) is 9.59 Å². The van der Waals surface area contributed by atoms with Crippen molar-refractivity contribution in [3.8, 4) is 0 Å². The molecule has 0 aliphatic rings. The first-order chi connectivity index (χ1) is 12.7. The average molecular weight is 410 g/mol. The van der Waals surface area contributed by atoms with Crippen LogP contribution in [0.3, 0.4) is 0 Å². The average Bonchev–Trinajstić information content (AvgIpc) is 2.67. The molecule has 2 aromatic carbocycles. The number of nitrogens with one attached hydrogen (secondary N) is 2. The van der Waals surface area contributed by atoms with Crippen LogP contribution in [0.4, 0.5) is 0 Å². The Morgan fingerprint density at radius 1 is 1.07 bits per heavy atom. The monoisotopic (exact) mass is 409 g/mol. The second-order valence-corrected chi connectivity index (χ2v) is 8.08. The molecule has 0 bridgehead atoms. The summed E-state index contributed by atoms with van der Waals surface area (Å²) in [6, 6.07) is 10.8. The molecule has 144 valence electrons. The van der Waals surface area contributed by atoms with Crippen LogP contribution in [0.15, 0.2) is 47.4 Å². The van der Waals surface area contributed by atoms with E-state index in [4.69, 9.17) is 11.6 Å². The first kappa shape index (κ1) is 20.9. The number of rotatable bonds is 6. The second kappa shape index (κ2) is 8.51. The van der Waals surface area contributed by atoms with E-state index in [-0.39, 0.29) is 27.9 Å². The summed E-state index contributed by atoms with van der Waals surface area (Å²) in [4.78, 5) is 25.7. The molecule has 0 aromatic heterocycles. The van der Waals surface area contributed by atoms with E-state index in [1.807, 2.05) is 0 Å². The molecule has 2 amide bonds. The first-order valence-corrected chi connectivity index (χ1v) is 9.85. The third-order valence-corrected chi connectivity index (χ3v) is 5.70. The van der Waals surface area contributed by atoms with E-state index in [0.717, 1.165) is 5.56 Å². The van der Waals surface area contributed by atoms with Gasteiger partial charge in [-0.2, -0.15) is 0 Å². The molecule has 0 saturated carbocycles. The van der Waals surface area contributed by atoms with E-state index in [9.17, 15) is 18.0 Å². The van der Waals surface area contributed by atoms with Gasteiger partial charge in [0.15, 0.2) is 0 Å². The lowest BCUT2D eigenvalue weighted by Crippen LogP contribution is -2.27. The molecule has 27 heavy (non-hydrogen) atoms. The molecule has 7 nitrogen and oxygen atoms in total.